The summed E-state index contributed by atoms with van der Waals surface area (Å²) in [6.07, 6.45) is 7.09. The Morgan fingerprint density at radius 1 is 1.25 bits per heavy atom. The number of carbonyl (C=O) groups is 1. The first-order valence-corrected chi connectivity index (χ1v) is 11.5. The van der Waals surface area contributed by atoms with Crippen molar-refractivity contribution in [2.45, 2.75) is 13.0 Å². The molecule has 0 amide bonds. The maximum Gasteiger partial charge on any atom is 0.478 e. The van der Waals surface area contributed by atoms with Gasteiger partial charge in [-0.15, -0.1) is 0 Å². The molecular weight excluding hydrogens is 474 g/mol. The average molecular weight is 492 g/mol. The monoisotopic (exact) mass is 492 g/mol. The summed E-state index contributed by atoms with van der Waals surface area (Å²) in [7, 11) is -10.1. The second-order valence-corrected chi connectivity index (χ2v) is 8.72. The lowest BCUT2D eigenvalue weighted by molar-refractivity contribution is -0.140. The highest BCUT2D eigenvalue weighted by molar-refractivity contribution is 7.60. The van der Waals surface area contributed by atoms with Gasteiger partial charge < -0.3 is 35.7 Å². The Morgan fingerprint density at radius 3 is 2.41 bits per heavy atom. The number of aromatic amines is 1. The second-order valence-electron chi connectivity index (χ2n) is 6.10. The summed E-state index contributed by atoms with van der Waals surface area (Å²) in [4.78, 5) is 68.2. The maximum atomic E-state index is 11.8. The van der Waals surface area contributed by atoms with Gasteiger partial charge in [-0.3, -0.25) is 14.6 Å². The quantitative estimate of drug-likeness (QED) is 0.227. The van der Waals surface area contributed by atoms with Gasteiger partial charge >= 0.3 is 21.6 Å². The van der Waals surface area contributed by atoms with E-state index in [4.69, 9.17) is 30.4 Å². The van der Waals surface area contributed by atoms with Crippen LogP contribution in [0.25, 0.3) is 11.2 Å². The molecule has 1 unspecified atom stereocenters. The Morgan fingerprint density at radius 2 is 1.91 bits per heavy atom. The third-order valence-corrected chi connectivity index (χ3v) is 5.29. The molecule has 0 aromatic carbocycles. The number of nitrogen functional groups attached to an aromatic ring is 1. The molecule has 1 atom stereocenters. The fourth-order valence-electron chi connectivity index (χ4n) is 2.32. The number of H-pyrrole nitrogens is 1. The minimum absolute atomic E-state index is 0.00634. The van der Waals surface area contributed by atoms with Gasteiger partial charge in [-0.25, -0.2) is 19.1 Å². The van der Waals surface area contributed by atoms with Gasteiger partial charge in [0.05, 0.1) is 24.4 Å². The van der Waals surface area contributed by atoms with Crippen molar-refractivity contribution in [1.82, 2.24) is 25.3 Å². The van der Waals surface area contributed by atoms with Crippen molar-refractivity contribution >= 4 is 38.7 Å². The van der Waals surface area contributed by atoms with Crippen LogP contribution in [0.3, 0.4) is 0 Å². The summed E-state index contributed by atoms with van der Waals surface area (Å²) in [5.74, 6) is -1.34. The van der Waals surface area contributed by atoms with E-state index in [2.05, 4.69) is 29.6 Å². The number of nitrogens with two attached hydrogens (primary N) is 1. The van der Waals surface area contributed by atoms with Crippen LogP contribution in [0.15, 0.2) is 34.9 Å². The summed E-state index contributed by atoms with van der Waals surface area (Å²) >= 11 is 0. The molecule has 0 aliphatic heterocycles. The molecule has 9 N–H and O–H groups in total. The number of aromatic nitrogens is 4. The molecule has 32 heavy (non-hydrogen) atoms. The fourth-order valence-corrected chi connectivity index (χ4v) is 3.43. The molecule has 0 spiro atoms. The molecule has 1 aliphatic carbocycles. The first-order chi connectivity index (χ1) is 14.7. The number of aliphatic carboxylic acids is 1. The molecule has 18 heteroatoms. The predicted molar refractivity (Wildman–Crippen MR) is 107 cm³/mol. The third-order valence-electron chi connectivity index (χ3n) is 3.59. The summed E-state index contributed by atoms with van der Waals surface area (Å²) in [5, 5.41) is 12.0. The molecule has 0 saturated carbocycles. The highest BCUT2D eigenvalue weighted by Gasteiger charge is 2.28. The van der Waals surface area contributed by atoms with Crippen molar-refractivity contribution in [3.05, 3.63) is 46.2 Å². The number of fused-ring (bicyclic) bond motifs is 1. The van der Waals surface area contributed by atoms with E-state index >= 15 is 0 Å². The van der Waals surface area contributed by atoms with Crippen molar-refractivity contribution in [2.75, 3.05) is 5.73 Å². The Labute approximate surface area is 178 Å². The second kappa shape index (κ2) is 10.1. The van der Waals surface area contributed by atoms with E-state index in [9.17, 15) is 18.7 Å². The van der Waals surface area contributed by atoms with Crippen molar-refractivity contribution < 1.29 is 42.9 Å². The smallest absolute Gasteiger partial charge is 0.478 e. The summed E-state index contributed by atoms with van der Waals surface area (Å²) in [5.41, 5.74) is 6.68. The van der Waals surface area contributed by atoms with Gasteiger partial charge in [0.1, 0.15) is 0 Å². The molecule has 3 rings (SSSR count). The number of hydrogen-bond donors (Lipinski definition) is 8. The highest BCUT2D eigenvalue weighted by Crippen LogP contribution is 2.53. The van der Waals surface area contributed by atoms with Crippen LogP contribution in [0.1, 0.15) is 12.1 Å². The predicted octanol–water partition coefficient (Wildman–Crippen LogP) is -0.882. The van der Waals surface area contributed by atoms with Gasteiger partial charge in [0.2, 0.25) is 5.95 Å². The van der Waals surface area contributed by atoms with Gasteiger partial charge in [-0.05, 0) is 12.5 Å². The number of carboxylic acid groups (broad SMARTS) is 1. The SMILES string of the molecule is Nc1nc2ncc(CNC3=CCC(C(=O)O)C=C3)nc2c(=O)[nH]1.O=P(O)(O)OP(=O)(O)O. The summed E-state index contributed by atoms with van der Waals surface area (Å²) in [6, 6.07) is 0. The van der Waals surface area contributed by atoms with Gasteiger partial charge in [0, 0.05) is 5.70 Å². The Hall–Kier alpha value is -2.97. The fraction of sp³-hybridized carbons (Fsp3) is 0.214. The third kappa shape index (κ3) is 8.28. The number of anilines is 1. The first-order valence-electron chi connectivity index (χ1n) is 8.42. The van der Waals surface area contributed by atoms with Crippen molar-refractivity contribution in [3.63, 3.8) is 0 Å². The topological polar surface area (TPSA) is 271 Å². The van der Waals surface area contributed by atoms with E-state index < -0.39 is 33.1 Å². The van der Waals surface area contributed by atoms with Gasteiger partial charge in [-0.1, -0.05) is 12.2 Å². The number of phosphoric acid groups is 2. The van der Waals surface area contributed by atoms with Gasteiger partial charge in [-0.2, -0.15) is 9.29 Å². The van der Waals surface area contributed by atoms with Crippen LogP contribution in [-0.4, -0.2) is 50.6 Å². The minimum atomic E-state index is -5.05. The number of rotatable bonds is 6. The average Bonchev–Trinajstić information content (AvgIpc) is 2.64. The lowest BCUT2D eigenvalue weighted by atomic mass is 10.00. The lowest BCUT2D eigenvalue weighted by Crippen LogP contribution is -2.19. The van der Waals surface area contributed by atoms with Crippen LogP contribution >= 0.6 is 15.6 Å². The zero-order valence-electron chi connectivity index (χ0n) is 15.9. The van der Waals surface area contributed by atoms with Crippen molar-refractivity contribution in [2.24, 2.45) is 5.92 Å². The van der Waals surface area contributed by atoms with Gasteiger partial charge in [0.25, 0.3) is 5.56 Å². The number of allylic oxidation sites excluding steroid dienone is 2. The van der Waals surface area contributed by atoms with E-state index in [0.29, 0.717) is 18.7 Å². The number of nitrogens with zero attached hydrogens (tertiary/aromatic N) is 3. The van der Waals surface area contributed by atoms with E-state index in [1.54, 1.807) is 12.2 Å². The molecule has 2 aromatic rings. The maximum absolute atomic E-state index is 11.8. The molecule has 16 nitrogen and oxygen atoms in total. The minimum Gasteiger partial charge on any atom is -0.481 e. The molecule has 0 radical (unpaired) electrons. The molecule has 2 aromatic heterocycles. The normalized spacial score (nSPS) is 16.1. The van der Waals surface area contributed by atoms with Crippen LogP contribution in [0, 0.1) is 5.92 Å². The number of hydrogen-bond acceptors (Lipinski definition) is 10. The number of nitrogens with one attached hydrogen (secondary N) is 2. The van der Waals surface area contributed by atoms with Crippen LogP contribution in [0.2, 0.25) is 0 Å². The molecule has 0 fully saturated rings. The van der Waals surface area contributed by atoms with E-state index in [-0.39, 0.29) is 17.1 Å². The molecule has 2 heterocycles. The molecule has 0 bridgehead atoms. The zero-order chi connectivity index (χ0) is 24.1. The van der Waals surface area contributed by atoms with Crippen LogP contribution < -0.4 is 16.6 Å². The van der Waals surface area contributed by atoms with Crippen LogP contribution in [-0.2, 0) is 24.8 Å². The Bertz CT molecular complexity index is 1200. The number of carboxylic acids is 1. The van der Waals surface area contributed by atoms with E-state index in [0.717, 1.165) is 5.70 Å². The summed E-state index contributed by atoms with van der Waals surface area (Å²) < 4.78 is 22.2. The molecule has 174 valence electrons. The van der Waals surface area contributed by atoms with Crippen LogP contribution in [0.5, 0.6) is 0 Å². The molecule has 1 aliphatic rings. The Kier molecular flexibility index (Phi) is 7.98. The largest absolute Gasteiger partial charge is 0.481 e. The Balaban J connectivity index is 0.000000344. The summed E-state index contributed by atoms with van der Waals surface area (Å²) in [6.45, 7) is 0.348. The molecule has 0 saturated heterocycles. The zero-order valence-corrected chi connectivity index (χ0v) is 17.7. The van der Waals surface area contributed by atoms with Crippen LogP contribution in [0.4, 0.5) is 5.95 Å². The lowest BCUT2D eigenvalue weighted by Gasteiger charge is -2.13. The van der Waals surface area contributed by atoms with Gasteiger partial charge in [0.15, 0.2) is 11.2 Å². The standard InChI is InChI=1S/C14H14N6O3.H4O7P2/c15-14-19-11-10(12(21)20-14)18-9(6-17-11)5-16-8-3-1-7(2-4-8)13(22)23;1-8(2,3)7-9(4,5)6/h1,3-4,6-7,16H,2,5H2,(H,22,23)(H3,15,17,19,20,21);(H2,1,2,3)(H2,4,5,6). The van der Waals surface area contributed by atoms with Crippen molar-refractivity contribution in [3.8, 4) is 0 Å². The highest BCUT2D eigenvalue weighted by atomic mass is 31.3. The first kappa shape index (κ1) is 25.3. The molecular formula is C14H18N6O10P2. The van der Waals surface area contributed by atoms with E-state index in [1.807, 2.05) is 6.08 Å². The van der Waals surface area contributed by atoms with E-state index in [1.165, 1.54) is 6.20 Å². The van der Waals surface area contributed by atoms with Crippen molar-refractivity contribution in [1.29, 1.82) is 0 Å².